The quantitative estimate of drug-likeness (QED) is 0.432. The second-order valence-corrected chi connectivity index (χ2v) is 7.39. The third-order valence-corrected chi connectivity index (χ3v) is 4.44. The molecule has 1 heterocycles. The van der Waals surface area contributed by atoms with E-state index in [2.05, 4.69) is 26.0 Å². The van der Waals surface area contributed by atoms with Crippen molar-refractivity contribution in [3.8, 4) is 0 Å². The van der Waals surface area contributed by atoms with Crippen molar-refractivity contribution in [2.45, 2.75) is 32.7 Å². The number of hydrogen-bond donors (Lipinski definition) is 4. The number of methoxy groups -OCH3 is 1. The highest BCUT2D eigenvalue weighted by molar-refractivity contribution is 6.02. The van der Waals surface area contributed by atoms with E-state index in [-0.39, 0.29) is 43.1 Å². The van der Waals surface area contributed by atoms with Crippen LogP contribution in [0.25, 0.3) is 0 Å². The number of rotatable bonds is 9. The van der Waals surface area contributed by atoms with Crippen molar-refractivity contribution in [3.63, 3.8) is 0 Å². The van der Waals surface area contributed by atoms with E-state index in [1.165, 1.54) is 7.11 Å². The molecule has 0 bridgehead atoms. The van der Waals surface area contributed by atoms with E-state index in [1.807, 2.05) is 13.8 Å². The molecular formula is C20H27N5O6. The zero-order chi connectivity index (χ0) is 23.0. The van der Waals surface area contributed by atoms with Gasteiger partial charge in [-0.05, 0) is 36.6 Å². The van der Waals surface area contributed by atoms with Gasteiger partial charge in [-0.15, -0.1) is 0 Å². The number of alkyl carbamates (subject to hydrolysis) is 1. The first-order chi connectivity index (χ1) is 14.7. The standard InChI is InChI=1S/C20H27N5O6/c1-12(2)10-15(24-20(30)31-3)18(28)23-14-6-4-13(5-7-14)22-16(26)8-9-25-17(27)11-21-19(25)29/h4-7,12,15H,8-11H2,1-3H3,(H,21,29)(H,22,26)(H,23,28)(H,24,30). The van der Waals surface area contributed by atoms with Crippen molar-refractivity contribution in [1.29, 1.82) is 0 Å². The van der Waals surface area contributed by atoms with Gasteiger partial charge in [-0.25, -0.2) is 9.59 Å². The molecule has 1 atom stereocenters. The monoisotopic (exact) mass is 433 g/mol. The summed E-state index contributed by atoms with van der Waals surface area (Å²) in [6, 6.07) is 5.16. The molecule has 0 aliphatic carbocycles. The summed E-state index contributed by atoms with van der Waals surface area (Å²) in [7, 11) is 1.23. The minimum atomic E-state index is -0.752. The fourth-order valence-corrected chi connectivity index (χ4v) is 2.89. The minimum absolute atomic E-state index is 0.00489. The first-order valence-electron chi connectivity index (χ1n) is 9.83. The zero-order valence-corrected chi connectivity index (χ0v) is 17.7. The molecule has 168 valence electrons. The molecular weight excluding hydrogens is 406 g/mol. The normalized spacial score (nSPS) is 14.1. The van der Waals surface area contributed by atoms with Crippen molar-refractivity contribution < 1.29 is 28.7 Å². The third kappa shape index (κ3) is 7.28. The van der Waals surface area contributed by atoms with Gasteiger partial charge in [0.15, 0.2) is 0 Å². The molecule has 1 aliphatic rings. The fraction of sp³-hybridized carbons (Fsp3) is 0.450. The largest absolute Gasteiger partial charge is 0.453 e. The van der Waals surface area contributed by atoms with Gasteiger partial charge >= 0.3 is 12.1 Å². The summed E-state index contributed by atoms with van der Waals surface area (Å²) < 4.78 is 4.57. The van der Waals surface area contributed by atoms with Crippen LogP contribution in [0.15, 0.2) is 24.3 Å². The molecule has 1 aromatic carbocycles. The summed E-state index contributed by atoms with van der Waals surface area (Å²) in [4.78, 5) is 60.0. The lowest BCUT2D eigenvalue weighted by molar-refractivity contribution is -0.125. The van der Waals surface area contributed by atoms with Gasteiger partial charge < -0.3 is 26.0 Å². The number of imide groups is 1. The van der Waals surface area contributed by atoms with Gasteiger partial charge in [-0.3, -0.25) is 19.3 Å². The average Bonchev–Trinajstić information content (AvgIpc) is 3.04. The lowest BCUT2D eigenvalue weighted by Gasteiger charge is -2.19. The fourth-order valence-electron chi connectivity index (χ4n) is 2.89. The molecule has 0 spiro atoms. The zero-order valence-electron chi connectivity index (χ0n) is 17.7. The van der Waals surface area contributed by atoms with E-state index in [4.69, 9.17) is 0 Å². The van der Waals surface area contributed by atoms with Crippen LogP contribution in [-0.2, 0) is 19.1 Å². The van der Waals surface area contributed by atoms with Gasteiger partial charge in [0.05, 0.1) is 13.7 Å². The maximum Gasteiger partial charge on any atom is 0.407 e. The molecule has 1 unspecified atom stereocenters. The smallest absolute Gasteiger partial charge is 0.407 e. The van der Waals surface area contributed by atoms with Crippen molar-refractivity contribution in [2.75, 3.05) is 30.8 Å². The Kier molecular flexibility index (Phi) is 8.35. The molecule has 2 rings (SSSR count). The van der Waals surface area contributed by atoms with E-state index in [1.54, 1.807) is 24.3 Å². The summed E-state index contributed by atoms with van der Waals surface area (Å²) in [5.41, 5.74) is 0.981. The van der Waals surface area contributed by atoms with Crippen LogP contribution in [0.1, 0.15) is 26.7 Å². The maximum atomic E-state index is 12.5. The Labute approximate surface area is 179 Å². The van der Waals surface area contributed by atoms with Crippen LogP contribution >= 0.6 is 0 Å². The predicted octanol–water partition coefficient (Wildman–Crippen LogP) is 1.28. The average molecular weight is 433 g/mol. The molecule has 0 aromatic heterocycles. The van der Waals surface area contributed by atoms with Crippen LogP contribution in [-0.4, -0.2) is 61.0 Å². The van der Waals surface area contributed by atoms with Crippen LogP contribution in [0.4, 0.5) is 21.0 Å². The van der Waals surface area contributed by atoms with Crippen LogP contribution < -0.4 is 21.3 Å². The van der Waals surface area contributed by atoms with Crippen LogP contribution in [0, 0.1) is 5.92 Å². The molecule has 11 nitrogen and oxygen atoms in total. The molecule has 1 fully saturated rings. The van der Waals surface area contributed by atoms with E-state index in [9.17, 15) is 24.0 Å². The highest BCUT2D eigenvalue weighted by Gasteiger charge is 2.28. The Hall–Kier alpha value is -3.63. The Morgan fingerprint density at radius 2 is 1.71 bits per heavy atom. The number of anilines is 2. The Balaban J connectivity index is 1.87. The molecule has 0 saturated carbocycles. The summed E-state index contributed by atoms with van der Waals surface area (Å²) in [6.07, 6.45) is -0.285. The Bertz CT molecular complexity index is 823. The van der Waals surface area contributed by atoms with Crippen LogP contribution in [0.2, 0.25) is 0 Å². The van der Waals surface area contributed by atoms with E-state index in [0.717, 1.165) is 4.90 Å². The van der Waals surface area contributed by atoms with Crippen LogP contribution in [0.3, 0.4) is 0 Å². The SMILES string of the molecule is COC(=O)NC(CC(C)C)C(=O)Nc1ccc(NC(=O)CCN2C(=O)CNC2=O)cc1. The van der Waals surface area contributed by atoms with Crippen molar-refractivity contribution >= 4 is 41.2 Å². The number of benzene rings is 1. The van der Waals surface area contributed by atoms with Gasteiger partial charge in [-0.2, -0.15) is 0 Å². The topological polar surface area (TPSA) is 146 Å². The summed E-state index contributed by atoms with van der Waals surface area (Å²) in [5.74, 6) is -0.934. The van der Waals surface area contributed by atoms with Gasteiger partial charge in [0.1, 0.15) is 6.04 Å². The van der Waals surface area contributed by atoms with Gasteiger partial charge in [-0.1, -0.05) is 13.8 Å². The summed E-state index contributed by atoms with van der Waals surface area (Å²) >= 11 is 0. The van der Waals surface area contributed by atoms with Crippen molar-refractivity contribution in [2.24, 2.45) is 5.92 Å². The Morgan fingerprint density at radius 3 is 2.23 bits per heavy atom. The number of nitrogens with zero attached hydrogens (tertiary/aromatic N) is 1. The number of carbonyl (C=O) groups is 5. The Morgan fingerprint density at radius 1 is 1.10 bits per heavy atom. The summed E-state index contributed by atoms with van der Waals surface area (Å²) in [6.45, 7) is 3.81. The van der Waals surface area contributed by atoms with Crippen LogP contribution in [0.5, 0.6) is 0 Å². The number of ether oxygens (including phenoxy) is 1. The number of amides is 6. The highest BCUT2D eigenvalue weighted by Crippen LogP contribution is 2.15. The second kappa shape index (κ2) is 11.0. The van der Waals surface area contributed by atoms with E-state index < -0.39 is 18.2 Å². The molecule has 1 aliphatic heterocycles. The predicted molar refractivity (Wildman–Crippen MR) is 112 cm³/mol. The lowest BCUT2D eigenvalue weighted by atomic mass is 10.0. The minimum Gasteiger partial charge on any atom is -0.453 e. The van der Waals surface area contributed by atoms with E-state index >= 15 is 0 Å². The van der Waals surface area contributed by atoms with Crippen molar-refractivity contribution in [3.05, 3.63) is 24.3 Å². The third-order valence-electron chi connectivity index (χ3n) is 4.44. The molecule has 4 N–H and O–H groups in total. The molecule has 11 heteroatoms. The first kappa shape index (κ1) is 23.6. The van der Waals surface area contributed by atoms with Crippen molar-refractivity contribution in [1.82, 2.24) is 15.5 Å². The number of hydrogen-bond acceptors (Lipinski definition) is 6. The van der Waals surface area contributed by atoms with E-state index in [0.29, 0.717) is 17.8 Å². The highest BCUT2D eigenvalue weighted by atomic mass is 16.5. The second-order valence-electron chi connectivity index (χ2n) is 7.39. The molecule has 1 aromatic rings. The molecule has 1 saturated heterocycles. The summed E-state index contributed by atoms with van der Waals surface area (Å²) in [5, 5.41) is 10.3. The molecule has 0 radical (unpaired) electrons. The van der Waals surface area contributed by atoms with Gasteiger partial charge in [0, 0.05) is 24.3 Å². The lowest BCUT2D eigenvalue weighted by Crippen LogP contribution is -2.44. The maximum absolute atomic E-state index is 12.5. The molecule has 31 heavy (non-hydrogen) atoms. The number of carbonyl (C=O) groups excluding carboxylic acids is 5. The number of nitrogens with one attached hydrogen (secondary N) is 4. The van der Waals surface area contributed by atoms with Gasteiger partial charge in [0.25, 0.3) is 0 Å². The first-order valence-corrected chi connectivity index (χ1v) is 9.83. The number of urea groups is 1. The molecule has 6 amide bonds. The van der Waals surface area contributed by atoms with Gasteiger partial charge in [0.2, 0.25) is 17.7 Å².